The van der Waals surface area contributed by atoms with Crippen LogP contribution in [0.25, 0.3) is 0 Å². The van der Waals surface area contributed by atoms with Crippen LogP contribution in [0, 0.1) is 0 Å². The summed E-state index contributed by atoms with van der Waals surface area (Å²) < 4.78 is 6.47. The highest BCUT2D eigenvalue weighted by atomic mass is 79.9. The number of Topliss-reactive ketones (excluding diaryl/α,β-unsaturated/α-hetero) is 1. The van der Waals surface area contributed by atoms with Crippen molar-refractivity contribution in [1.82, 2.24) is 0 Å². The van der Waals surface area contributed by atoms with E-state index >= 15 is 0 Å². The molecule has 2 rings (SSSR count). The van der Waals surface area contributed by atoms with Gasteiger partial charge in [0, 0.05) is 10.9 Å². The van der Waals surface area contributed by atoms with Gasteiger partial charge < -0.3 is 4.74 Å². The monoisotopic (exact) mass is 318 g/mol. The molecule has 0 aromatic heterocycles. The molecule has 98 valence electrons. The average molecular weight is 319 g/mol. The van der Waals surface area contributed by atoms with Crippen LogP contribution in [0.5, 0.6) is 5.75 Å². The van der Waals surface area contributed by atoms with Crippen LogP contribution in [0.15, 0.2) is 53.0 Å². The number of ketones is 1. The highest BCUT2D eigenvalue weighted by Crippen LogP contribution is 2.21. The number of hydrogen-bond donors (Lipinski definition) is 0. The number of carbonyl (C=O) groups is 1. The Kier molecular flexibility index (Phi) is 4.74. The lowest BCUT2D eigenvalue weighted by atomic mass is 10.0. The van der Waals surface area contributed by atoms with E-state index in [9.17, 15) is 4.79 Å². The first-order valence-electron chi connectivity index (χ1n) is 6.20. The highest BCUT2D eigenvalue weighted by Gasteiger charge is 2.12. The van der Waals surface area contributed by atoms with Crippen LogP contribution in [0.4, 0.5) is 0 Å². The lowest BCUT2D eigenvalue weighted by molar-refractivity contribution is 0.0989. The Morgan fingerprint density at radius 3 is 2.68 bits per heavy atom. The average Bonchev–Trinajstić information content (AvgIpc) is 2.39. The van der Waals surface area contributed by atoms with E-state index in [0.29, 0.717) is 24.3 Å². The second kappa shape index (κ2) is 6.53. The van der Waals surface area contributed by atoms with Crippen molar-refractivity contribution < 1.29 is 9.53 Å². The molecule has 0 spiro atoms. The second-order valence-corrected chi connectivity index (χ2v) is 5.07. The molecule has 2 aromatic rings. The number of ether oxygens (including phenoxy) is 1. The molecule has 0 saturated heterocycles. The van der Waals surface area contributed by atoms with Crippen molar-refractivity contribution in [1.29, 1.82) is 0 Å². The zero-order chi connectivity index (χ0) is 13.7. The molecule has 0 heterocycles. The molecular formula is C16H15BrO2. The number of carbonyl (C=O) groups excluding carboxylic acids is 1. The van der Waals surface area contributed by atoms with E-state index in [1.165, 1.54) is 0 Å². The lowest BCUT2D eigenvalue weighted by Crippen LogP contribution is -2.06. The van der Waals surface area contributed by atoms with Gasteiger partial charge in [-0.1, -0.05) is 40.2 Å². The predicted molar refractivity (Wildman–Crippen MR) is 79.8 cm³/mol. The van der Waals surface area contributed by atoms with Gasteiger partial charge in [-0.15, -0.1) is 0 Å². The third kappa shape index (κ3) is 3.67. The topological polar surface area (TPSA) is 26.3 Å². The number of halogens is 1. The third-order valence-electron chi connectivity index (χ3n) is 2.74. The normalized spacial score (nSPS) is 10.2. The van der Waals surface area contributed by atoms with Crippen molar-refractivity contribution in [3.8, 4) is 5.75 Å². The fourth-order valence-corrected chi connectivity index (χ4v) is 2.35. The molecule has 0 aliphatic heterocycles. The summed E-state index contributed by atoms with van der Waals surface area (Å²) >= 11 is 3.41. The summed E-state index contributed by atoms with van der Waals surface area (Å²) in [5, 5.41) is 0. The van der Waals surface area contributed by atoms with Gasteiger partial charge in [0.15, 0.2) is 5.78 Å². The van der Waals surface area contributed by atoms with Gasteiger partial charge in [-0.3, -0.25) is 4.79 Å². The van der Waals surface area contributed by atoms with Gasteiger partial charge in [0.1, 0.15) is 5.75 Å². The zero-order valence-electron chi connectivity index (χ0n) is 10.7. The Hall–Kier alpha value is -1.61. The number of para-hydroxylation sites is 1. The van der Waals surface area contributed by atoms with Gasteiger partial charge in [0.2, 0.25) is 0 Å². The zero-order valence-corrected chi connectivity index (χ0v) is 12.3. The molecule has 0 N–H and O–H groups in total. The fourth-order valence-electron chi connectivity index (χ4n) is 1.91. The number of hydrogen-bond acceptors (Lipinski definition) is 2. The molecule has 0 aliphatic rings. The van der Waals surface area contributed by atoms with Gasteiger partial charge in [-0.25, -0.2) is 0 Å². The van der Waals surface area contributed by atoms with E-state index in [1.54, 1.807) is 0 Å². The minimum atomic E-state index is 0.0714. The molecule has 2 nitrogen and oxygen atoms in total. The van der Waals surface area contributed by atoms with Crippen molar-refractivity contribution >= 4 is 21.7 Å². The molecule has 19 heavy (non-hydrogen) atoms. The second-order valence-electron chi connectivity index (χ2n) is 4.16. The summed E-state index contributed by atoms with van der Waals surface area (Å²) in [6.07, 6.45) is 0.378. The third-order valence-corrected chi connectivity index (χ3v) is 3.23. The molecule has 2 aromatic carbocycles. The molecule has 0 radical (unpaired) electrons. The van der Waals surface area contributed by atoms with E-state index < -0.39 is 0 Å². The van der Waals surface area contributed by atoms with Gasteiger partial charge in [0.05, 0.1) is 12.2 Å². The summed E-state index contributed by atoms with van der Waals surface area (Å²) in [4.78, 5) is 12.3. The summed E-state index contributed by atoms with van der Waals surface area (Å²) in [6, 6.07) is 15.2. The van der Waals surface area contributed by atoms with Crippen LogP contribution in [-0.4, -0.2) is 12.4 Å². The molecule has 0 fully saturated rings. The molecule has 0 bridgehead atoms. The number of rotatable bonds is 5. The molecule has 3 heteroatoms. The Morgan fingerprint density at radius 2 is 1.95 bits per heavy atom. The van der Waals surface area contributed by atoms with Gasteiger partial charge in [-0.2, -0.15) is 0 Å². The van der Waals surface area contributed by atoms with Crippen molar-refractivity contribution in [2.45, 2.75) is 13.3 Å². The van der Waals surface area contributed by atoms with Crippen LogP contribution in [0.3, 0.4) is 0 Å². The van der Waals surface area contributed by atoms with Gasteiger partial charge in [0.25, 0.3) is 0 Å². The Balaban J connectivity index is 2.20. The maximum Gasteiger partial charge on any atom is 0.170 e. The standard InChI is InChI=1S/C16H15BrO2/c1-2-19-16-9-4-3-8-14(16)15(18)11-12-6-5-7-13(17)10-12/h3-10H,2,11H2,1H3. The highest BCUT2D eigenvalue weighted by molar-refractivity contribution is 9.10. The number of benzene rings is 2. The van der Waals surface area contributed by atoms with E-state index in [2.05, 4.69) is 15.9 Å². The fraction of sp³-hybridized carbons (Fsp3) is 0.188. The first-order chi connectivity index (χ1) is 9.20. The SMILES string of the molecule is CCOc1ccccc1C(=O)Cc1cccc(Br)c1. The van der Waals surface area contributed by atoms with Crippen LogP contribution in [0.1, 0.15) is 22.8 Å². The summed E-state index contributed by atoms with van der Waals surface area (Å²) in [5.74, 6) is 0.729. The molecular weight excluding hydrogens is 304 g/mol. The van der Waals surface area contributed by atoms with E-state index in [1.807, 2.05) is 55.5 Å². The molecule has 0 saturated carbocycles. The van der Waals surface area contributed by atoms with E-state index in [0.717, 1.165) is 10.0 Å². The lowest BCUT2D eigenvalue weighted by Gasteiger charge is -2.09. The van der Waals surface area contributed by atoms with E-state index in [-0.39, 0.29) is 5.78 Å². The van der Waals surface area contributed by atoms with Gasteiger partial charge in [-0.05, 0) is 36.8 Å². The smallest absolute Gasteiger partial charge is 0.170 e. The van der Waals surface area contributed by atoms with Crippen molar-refractivity contribution in [3.63, 3.8) is 0 Å². The summed E-state index contributed by atoms with van der Waals surface area (Å²) in [5.41, 5.74) is 1.63. The van der Waals surface area contributed by atoms with Crippen LogP contribution < -0.4 is 4.74 Å². The van der Waals surface area contributed by atoms with Crippen molar-refractivity contribution in [3.05, 3.63) is 64.1 Å². The first-order valence-corrected chi connectivity index (χ1v) is 6.99. The maximum atomic E-state index is 12.3. The van der Waals surface area contributed by atoms with Crippen LogP contribution in [0.2, 0.25) is 0 Å². The quantitative estimate of drug-likeness (QED) is 0.769. The largest absolute Gasteiger partial charge is 0.493 e. The van der Waals surface area contributed by atoms with Gasteiger partial charge >= 0.3 is 0 Å². The molecule has 0 unspecified atom stereocenters. The summed E-state index contributed by atoms with van der Waals surface area (Å²) in [6.45, 7) is 2.47. The van der Waals surface area contributed by atoms with E-state index in [4.69, 9.17) is 4.74 Å². The maximum absolute atomic E-state index is 12.3. The summed E-state index contributed by atoms with van der Waals surface area (Å²) in [7, 11) is 0. The van der Waals surface area contributed by atoms with Crippen molar-refractivity contribution in [2.75, 3.05) is 6.61 Å². The molecule has 0 atom stereocenters. The Labute approximate surface area is 121 Å². The van der Waals surface area contributed by atoms with Crippen molar-refractivity contribution in [2.24, 2.45) is 0 Å². The van der Waals surface area contributed by atoms with Crippen LogP contribution in [-0.2, 0) is 6.42 Å². The Bertz CT molecular complexity index is 578. The predicted octanol–water partition coefficient (Wildman–Crippen LogP) is 4.27. The molecule has 0 amide bonds. The minimum absolute atomic E-state index is 0.0714. The Morgan fingerprint density at radius 1 is 1.16 bits per heavy atom. The molecule has 0 aliphatic carbocycles. The van der Waals surface area contributed by atoms with Crippen LogP contribution >= 0.6 is 15.9 Å². The minimum Gasteiger partial charge on any atom is -0.493 e. The first kappa shape index (κ1) is 13.8.